The molecule has 2 aromatic rings. The van der Waals surface area contributed by atoms with Crippen molar-refractivity contribution in [2.45, 2.75) is 25.4 Å². The lowest BCUT2D eigenvalue weighted by molar-refractivity contribution is 0.0729. The number of amides is 1. The molecular weight excluding hydrogens is 449 g/mol. The number of carbonyl (C=O) groups is 1. The lowest BCUT2D eigenvalue weighted by Gasteiger charge is -2.22. The molecule has 1 saturated carbocycles. The molecule has 0 N–H and O–H groups in total. The number of thiophene rings is 1. The first-order valence-corrected chi connectivity index (χ1v) is 9.23. The van der Waals surface area contributed by atoms with Gasteiger partial charge in [-0.3, -0.25) is 4.79 Å². The van der Waals surface area contributed by atoms with Gasteiger partial charge in [0.2, 0.25) is 0 Å². The Morgan fingerprint density at radius 2 is 2.20 bits per heavy atom. The lowest BCUT2D eigenvalue weighted by Crippen LogP contribution is -2.33. The van der Waals surface area contributed by atoms with Gasteiger partial charge in [-0.2, -0.15) is 11.3 Å². The molecular formula is C15H13BrINOS. The van der Waals surface area contributed by atoms with Crippen molar-refractivity contribution in [2.75, 3.05) is 0 Å². The van der Waals surface area contributed by atoms with Gasteiger partial charge in [-0.25, -0.2) is 0 Å². The summed E-state index contributed by atoms with van der Waals surface area (Å²) in [5.41, 5.74) is 2.02. The molecule has 1 aromatic heterocycles. The topological polar surface area (TPSA) is 20.3 Å². The van der Waals surface area contributed by atoms with Crippen LogP contribution in [0.5, 0.6) is 0 Å². The summed E-state index contributed by atoms with van der Waals surface area (Å²) in [7, 11) is 0. The predicted molar refractivity (Wildman–Crippen MR) is 94.1 cm³/mol. The van der Waals surface area contributed by atoms with Crippen molar-refractivity contribution in [3.05, 3.63) is 54.2 Å². The van der Waals surface area contributed by atoms with E-state index in [9.17, 15) is 4.79 Å². The molecule has 3 rings (SSSR count). The van der Waals surface area contributed by atoms with E-state index in [1.54, 1.807) is 11.3 Å². The predicted octanol–water partition coefficient (Wildman–Crippen LogP) is 4.92. The molecule has 0 aliphatic heterocycles. The molecule has 1 heterocycles. The lowest BCUT2D eigenvalue weighted by atomic mass is 10.2. The van der Waals surface area contributed by atoms with Gasteiger partial charge in [0.15, 0.2) is 0 Å². The summed E-state index contributed by atoms with van der Waals surface area (Å²) < 4.78 is 1.96. The summed E-state index contributed by atoms with van der Waals surface area (Å²) in [5.74, 6) is 0.143. The molecule has 1 fully saturated rings. The normalized spacial score (nSPS) is 14.3. The number of nitrogens with zero attached hydrogens (tertiary/aromatic N) is 1. The average Bonchev–Trinajstić information content (AvgIpc) is 3.15. The van der Waals surface area contributed by atoms with Crippen molar-refractivity contribution in [3.8, 4) is 0 Å². The van der Waals surface area contributed by atoms with Gasteiger partial charge in [-0.15, -0.1) is 0 Å². The number of benzene rings is 1. The summed E-state index contributed by atoms with van der Waals surface area (Å²) in [4.78, 5) is 14.8. The molecule has 1 aliphatic carbocycles. The van der Waals surface area contributed by atoms with Crippen molar-refractivity contribution in [1.29, 1.82) is 0 Å². The highest BCUT2D eigenvalue weighted by Gasteiger charge is 2.33. The van der Waals surface area contributed by atoms with Crippen LogP contribution in [0.2, 0.25) is 0 Å². The van der Waals surface area contributed by atoms with Gasteiger partial charge < -0.3 is 4.90 Å². The number of rotatable bonds is 4. The largest absolute Gasteiger partial charge is 0.331 e. The minimum atomic E-state index is 0.143. The Kier molecular flexibility index (Phi) is 4.47. The highest BCUT2D eigenvalue weighted by Crippen LogP contribution is 2.31. The minimum Gasteiger partial charge on any atom is -0.331 e. The van der Waals surface area contributed by atoms with Gasteiger partial charge in [-0.1, -0.05) is 15.9 Å². The number of hydrogen-bond acceptors (Lipinski definition) is 2. The molecule has 0 radical (unpaired) electrons. The van der Waals surface area contributed by atoms with E-state index < -0.39 is 0 Å². The molecule has 1 aromatic carbocycles. The Bertz CT molecular complexity index is 625. The molecule has 0 spiro atoms. The molecule has 0 unspecified atom stereocenters. The molecule has 0 atom stereocenters. The van der Waals surface area contributed by atoms with Crippen LogP contribution in [0, 0.1) is 3.57 Å². The highest BCUT2D eigenvalue weighted by atomic mass is 127. The molecule has 2 nitrogen and oxygen atoms in total. The fraction of sp³-hybridized carbons (Fsp3) is 0.267. The summed E-state index contributed by atoms with van der Waals surface area (Å²) >= 11 is 7.37. The zero-order chi connectivity index (χ0) is 14.1. The van der Waals surface area contributed by atoms with Crippen LogP contribution >= 0.6 is 49.9 Å². The van der Waals surface area contributed by atoms with E-state index in [4.69, 9.17) is 0 Å². The Balaban J connectivity index is 1.87. The average molecular weight is 462 g/mol. The van der Waals surface area contributed by atoms with Crippen LogP contribution in [0.1, 0.15) is 28.8 Å². The second-order valence-corrected chi connectivity index (χ2v) is 7.78. The first-order chi connectivity index (χ1) is 9.65. The van der Waals surface area contributed by atoms with Crippen LogP contribution in [-0.4, -0.2) is 16.8 Å². The standard InChI is InChI=1S/C15H13BrINOS/c16-11-1-4-14(17)13(7-11)15(19)18(12-2-3-12)8-10-5-6-20-9-10/h1,4-7,9,12H,2-3,8H2. The second kappa shape index (κ2) is 6.15. The first kappa shape index (κ1) is 14.5. The summed E-state index contributed by atoms with van der Waals surface area (Å²) in [6.07, 6.45) is 2.25. The van der Waals surface area contributed by atoms with Crippen LogP contribution in [0.25, 0.3) is 0 Å². The zero-order valence-electron chi connectivity index (χ0n) is 10.7. The van der Waals surface area contributed by atoms with Gasteiger partial charge in [0.1, 0.15) is 0 Å². The molecule has 0 bridgehead atoms. The van der Waals surface area contributed by atoms with Crippen LogP contribution in [0.4, 0.5) is 0 Å². The van der Waals surface area contributed by atoms with Gasteiger partial charge in [-0.05, 0) is 76.0 Å². The Hall–Kier alpha value is -0.400. The number of halogens is 2. The van der Waals surface area contributed by atoms with E-state index in [1.165, 1.54) is 5.56 Å². The molecule has 5 heteroatoms. The number of carbonyl (C=O) groups excluding carboxylic acids is 1. The number of hydrogen-bond donors (Lipinski definition) is 0. The van der Waals surface area contributed by atoms with Gasteiger partial charge >= 0.3 is 0 Å². The van der Waals surface area contributed by atoms with Crippen LogP contribution in [0.3, 0.4) is 0 Å². The third kappa shape index (κ3) is 3.26. The van der Waals surface area contributed by atoms with Crippen molar-refractivity contribution < 1.29 is 4.79 Å². The van der Waals surface area contributed by atoms with E-state index >= 15 is 0 Å². The van der Waals surface area contributed by atoms with E-state index in [-0.39, 0.29) is 5.91 Å². The van der Waals surface area contributed by atoms with Crippen LogP contribution in [0.15, 0.2) is 39.5 Å². The maximum absolute atomic E-state index is 12.8. The molecule has 1 aliphatic rings. The zero-order valence-corrected chi connectivity index (χ0v) is 15.2. The van der Waals surface area contributed by atoms with Crippen molar-refractivity contribution in [2.24, 2.45) is 0 Å². The fourth-order valence-electron chi connectivity index (χ4n) is 2.15. The third-order valence-corrected chi connectivity index (χ3v) is 5.51. The first-order valence-electron chi connectivity index (χ1n) is 6.42. The quantitative estimate of drug-likeness (QED) is 0.591. The van der Waals surface area contributed by atoms with Gasteiger partial charge in [0.25, 0.3) is 5.91 Å². The van der Waals surface area contributed by atoms with E-state index in [2.05, 4.69) is 55.3 Å². The van der Waals surface area contributed by atoms with Crippen molar-refractivity contribution >= 4 is 55.8 Å². The summed E-state index contributed by atoms with van der Waals surface area (Å²) in [5, 5.41) is 4.18. The highest BCUT2D eigenvalue weighted by molar-refractivity contribution is 14.1. The van der Waals surface area contributed by atoms with Crippen molar-refractivity contribution in [1.82, 2.24) is 4.90 Å². The van der Waals surface area contributed by atoms with Crippen LogP contribution in [-0.2, 0) is 6.54 Å². The maximum Gasteiger partial charge on any atom is 0.255 e. The van der Waals surface area contributed by atoms with Crippen molar-refractivity contribution in [3.63, 3.8) is 0 Å². The SMILES string of the molecule is O=C(c1cc(Br)ccc1I)N(Cc1ccsc1)C1CC1. The smallest absolute Gasteiger partial charge is 0.255 e. The molecule has 20 heavy (non-hydrogen) atoms. The maximum atomic E-state index is 12.8. The second-order valence-electron chi connectivity index (χ2n) is 4.92. The Morgan fingerprint density at radius 3 is 2.85 bits per heavy atom. The minimum absolute atomic E-state index is 0.143. The third-order valence-electron chi connectivity index (χ3n) is 3.34. The Labute approximate surface area is 144 Å². The van der Waals surface area contributed by atoms with Crippen LogP contribution < -0.4 is 0 Å². The summed E-state index contributed by atoms with van der Waals surface area (Å²) in [6, 6.07) is 8.39. The fourth-order valence-corrected chi connectivity index (χ4v) is 3.74. The monoisotopic (exact) mass is 461 g/mol. The molecule has 1 amide bonds. The van der Waals surface area contributed by atoms with E-state index in [0.29, 0.717) is 6.04 Å². The van der Waals surface area contributed by atoms with E-state index in [0.717, 1.165) is 33.0 Å². The van der Waals surface area contributed by atoms with Gasteiger partial charge in [0.05, 0.1) is 5.56 Å². The van der Waals surface area contributed by atoms with Gasteiger partial charge in [0, 0.05) is 20.6 Å². The molecule has 104 valence electrons. The molecule has 0 saturated heterocycles. The summed E-state index contributed by atoms with van der Waals surface area (Å²) in [6.45, 7) is 0.718. The Morgan fingerprint density at radius 1 is 1.40 bits per heavy atom. The van der Waals surface area contributed by atoms with E-state index in [1.807, 2.05) is 23.1 Å².